The Kier molecular flexibility index (Phi) is 2.51. The number of hydrogen-bond acceptors (Lipinski definition) is 3. The van der Waals surface area contributed by atoms with Crippen molar-refractivity contribution in [3.63, 3.8) is 0 Å². The van der Waals surface area contributed by atoms with Crippen LogP contribution in [0.3, 0.4) is 0 Å². The zero-order valence-electron chi connectivity index (χ0n) is 8.20. The summed E-state index contributed by atoms with van der Waals surface area (Å²) >= 11 is 0. The lowest BCUT2D eigenvalue weighted by atomic mass is 10.1. The minimum absolute atomic E-state index is 0.139. The van der Waals surface area contributed by atoms with Gasteiger partial charge in [0.15, 0.2) is 0 Å². The number of nitrogens with zero attached hydrogens (tertiary/aromatic N) is 2. The number of benzene rings is 1. The van der Waals surface area contributed by atoms with E-state index in [1.165, 1.54) is 12.1 Å². The lowest BCUT2D eigenvalue weighted by Gasteiger charge is -2.02. The van der Waals surface area contributed by atoms with Gasteiger partial charge in [0.2, 0.25) is 0 Å². The Morgan fingerprint density at radius 3 is 2.69 bits per heavy atom. The average molecular weight is 216 g/mol. The molecule has 0 saturated carbocycles. The molecule has 0 spiro atoms. The third kappa shape index (κ3) is 1.83. The summed E-state index contributed by atoms with van der Waals surface area (Å²) in [4.78, 5) is 21.8. The van der Waals surface area contributed by atoms with E-state index >= 15 is 0 Å². The van der Waals surface area contributed by atoms with E-state index < -0.39 is 11.8 Å². The van der Waals surface area contributed by atoms with Gasteiger partial charge in [-0.1, -0.05) is 12.1 Å². The van der Waals surface area contributed by atoms with E-state index in [9.17, 15) is 9.59 Å². The zero-order chi connectivity index (χ0) is 11.5. The number of carbonyl (C=O) groups excluding carboxylic acids is 1. The molecular weight excluding hydrogens is 208 g/mol. The van der Waals surface area contributed by atoms with Gasteiger partial charge in [0, 0.05) is 18.0 Å². The largest absolute Gasteiger partial charge is 0.475 e. The van der Waals surface area contributed by atoms with Crippen LogP contribution >= 0.6 is 0 Å². The number of aliphatic carboxylic acids is 1. The van der Waals surface area contributed by atoms with Crippen LogP contribution in [0.4, 0.5) is 0 Å². The molecule has 0 radical (unpaired) electrons. The fourth-order valence-electron chi connectivity index (χ4n) is 1.33. The maximum atomic E-state index is 11.2. The van der Waals surface area contributed by atoms with Crippen LogP contribution in [0.5, 0.6) is 0 Å². The van der Waals surface area contributed by atoms with E-state index in [1.807, 2.05) is 0 Å². The van der Waals surface area contributed by atoms with Gasteiger partial charge in [-0.25, -0.2) is 9.48 Å². The molecule has 1 N–H and O–H groups in total. The van der Waals surface area contributed by atoms with E-state index in [-0.39, 0.29) is 5.56 Å². The first kappa shape index (κ1) is 10.1. The minimum Gasteiger partial charge on any atom is -0.475 e. The van der Waals surface area contributed by atoms with Gasteiger partial charge < -0.3 is 5.11 Å². The van der Waals surface area contributed by atoms with Crippen LogP contribution in [0, 0.1) is 0 Å². The highest BCUT2D eigenvalue weighted by molar-refractivity contribution is 6.39. The number of Topliss-reactive ketones (excluding diaryl/α,β-unsaturated/α-hetero) is 1. The Morgan fingerprint density at radius 2 is 2.06 bits per heavy atom. The van der Waals surface area contributed by atoms with Crippen molar-refractivity contribution in [2.24, 2.45) is 0 Å². The molecular formula is C11H8N2O3. The first-order chi connectivity index (χ1) is 7.68. The van der Waals surface area contributed by atoms with Gasteiger partial charge in [-0.15, -0.1) is 0 Å². The van der Waals surface area contributed by atoms with Gasteiger partial charge in [0.1, 0.15) is 0 Å². The predicted molar refractivity (Wildman–Crippen MR) is 55.5 cm³/mol. The van der Waals surface area contributed by atoms with E-state index in [0.29, 0.717) is 5.69 Å². The highest BCUT2D eigenvalue weighted by Crippen LogP contribution is 2.10. The number of carboxylic acids is 1. The van der Waals surface area contributed by atoms with Crippen LogP contribution in [0.25, 0.3) is 5.69 Å². The molecule has 5 heteroatoms. The average Bonchev–Trinajstić information content (AvgIpc) is 2.81. The minimum atomic E-state index is -1.46. The maximum Gasteiger partial charge on any atom is 0.377 e. The van der Waals surface area contributed by atoms with Gasteiger partial charge >= 0.3 is 5.97 Å². The van der Waals surface area contributed by atoms with Crippen molar-refractivity contribution in [3.8, 4) is 5.69 Å². The van der Waals surface area contributed by atoms with Gasteiger partial charge in [0.25, 0.3) is 5.78 Å². The standard InChI is InChI=1S/C11H8N2O3/c14-10(11(15)16)8-3-1-4-9(7-8)13-6-2-5-12-13/h1-7H,(H,15,16). The second kappa shape index (κ2) is 3.98. The molecule has 0 saturated heterocycles. The second-order valence-corrected chi connectivity index (χ2v) is 3.14. The SMILES string of the molecule is O=C(O)C(=O)c1cccc(-n2cccn2)c1. The molecule has 0 aliphatic carbocycles. The molecule has 0 atom stereocenters. The summed E-state index contributed by atoms with van der Waals surface area (Å²) in [6, 6.07) is 8.05. The first-order valence-electron chi connectivity index (χ1n) is 4.56. The van der Waals surface area contributed by atoms with Crippen molar-refractivity contribution in [1.29, 1.82) is 0 Å². The lowest BCUT2D eigenvalue weighted by molar-refractivity contribution is -0.131. The second-order valence-electron chi connectivity index (χ2n) is 3.14. The zero-order valence-corrected chi connectivity index (χ0v) is 8.20. The van der Waals surface area contributed by atoms with Crippen molar-refractivity contribution < 1.29 is 14.7 Å². The molecule has 0 fully saturated rings. The lowest BCUT2D eigenvalue weighted by Crippen LogP contribution is -2.13. The molecule has 2 rings (SSSR count). The maximum absolute atomic E-state index is 11.2. The van der Waals surface area contributed by atoms with Crippen LogP contribution in [0.1, 0.15) is 10.4 Å². The van der Waals surface area contributed by atoms with Crippen LogP contribution in [0.15, 0.2) is 42.7 Å². The number of carbonyl (C=O) groups is 2. The molecule has 0 aliphatic heterocycles. The molecule has 0 amide bonds. The summed E-state index contributed by atoms with van der Waals surface area (Å²) in [5, 5.41) is 12.6. The summed E-state index contributed by atoms with van der Waals surface area (Å²) in [5.41, 5.74) is 0.789. The number of hydrogen-bond donors (Lipinski definition) is 1. The Morgan fingerprint density at radius 1 is 1.25 bits per heavy atom. The summed E-state index contributed by atoms with van der Waals surface area (Å²) < 4.78 is 1.55. The third-order valence-electron chi connectivity index (χ3n) is 2.07. The Bertz CT molecular complexity index is 532. The van der Waals surface area contributed by atoms with E-state index in [4.69, 9.17) is 5.11 Å². The third-order valence-corrected chi connectivity index (χ3v) is 2.07. The summed E-state index contributed by atoms with van der Waals surface area (Å²) in [6.07, 6.45) is 3.32. The quantitative estimate of drug-likeness (QED) is 0.616. The van der Waals surface area contributed by atoms with Crippen molar-refractivity contribution in [2.45, 2.75) is 0 Å². The molecule has 16 heavy (non-hydrogen) atoms. The highest BCUT2D eigenvalue weighted by atomic mass is 16.4. The van der Waals surface area contributed by atoms with Crippen LogP contribution in [-0.2, 0) is 4.79 Å². The Labute approximate surface area is 90.9 Å². The summed E-state index contributed by atoms with van der Waals surface area (Å²) in [7, 11) is 0. The molecule has 80 valence electrons. The summed E-state index contributed by atoms with van der Waals surface area (Å²) in [6.45, 7) is 0. The smallest absolute Gasteiger partial charge is 0.377 e. The van der Waals surface area contributed by atoms with Crippen LogP contribution in [-0.4, -0.2) is 26.6 Å². The van der Waals surface area contributed by atoms with E-state index in [2.05, 4.69) is 5.10 Å². The molecule has 0 aliphatic rings. The molecule has 1 aromatic heterocycles. The Balaban J connectivity index is 2.41. The topological polar surface area (TPSA) is 72.2 Å². The van der Waals surface area contributed by atoms with Crippen LogP contribution in [0.2, 0.25) is 0 Å². The summed E-state index contributed by atoms with van der Waals surface area (Å²) in [5.74, 6) is -2.38. The van der Waals surface area contributed by atoms with Gasteiger partial charge in [0.05, 0.1) is 5.69 Å². The van der Waals surface area contributed by atoms with Crippen molar-refractivity contribution in [1.82, 2.24) is 9.78 Å². The molecule has 1 heterocycles. The van der Waals surface area contributed by atoms with Gasteiger partial charge in [-0.3, -0.25) is 4.79 Å². The first-order valence-corrected chi connectivity index (χ1v) is 4.56. The van der Waals surface area contributed by atoms with Crippen molar-refractivity contribution in [2.75, 3.05) is 0 Å². The van der Waals surface area contributed by atoms with Crippen molar-refractivity contribution >= 4 is 11.8 Å². The number of ketones is 1. The fourth-order valence-corrected chi connectivity index (χ4v) is 1.33. The number of rotatable bonds is 3. The van der Waals surface area contributed by atoms with Gasteiger partial charge in [-0.05, 0) is 18.2 Å². The predicted octanol–water partition coefficient (Wildman–Crippen LogP) is 1.14. The molecule has 0 unspecified atom stereocenters. The Hall–Kier alpha value is -2.43. The van der Waals surface area contributed by atoms with Crippen molar-refractivity contribution in [3.05, 3.63) is 48.3 Å². The van der Waals surface area contributed by atoms with E-state index in [0.717, 1.165) is 0 Å². The monoisotopic (exact) mass is 216 g/mol. The molecule has 1 aromatic carbocycles. The van der Waals surface area contributed by atoms with E-state index in [1.54, 1.807) is 35.3 Å². The number of carboxylic acid groups (broad SMARTS) is 1. The fraction of sp³-hybridized carbons (Fsp3) is 0. The van der Waals surface area contributed by atoms with Gasteiger partial charge in [-0.2, -0.15) is 5.10 Å². The molecule has 5 nitrogen and oxygen atoms in total. The molecule has 2 aromatic rings. The molecule has 0 bridgehead atoms. The number of aromatic nitrogens is 2. The van der Waals surface area contributed by atoms with Crippen LogP contribution < -0.4 is 0 Å². The normalized spacial score (nSPS) is 10.0. The highest BCUT2D eigenvalue weighted by Gasteiger charge is 2.14.